The van der Waals surface area contributed by atoms with E-state index < -0.39 is 0 Å². The Bertz CT molecular complexity index is 412. The Hall–Kier alpha value is -0.870. The smallest absolute Gasteiger partial charge is 0.254 e. The van der Waals surface area contributed by atoms with Crippen molar-refractivity contribution in [3.8, 4) is 0 Å². The molecule has 4 heteroatoms. The van der Waals surface area contributed by atoms with Crippen LogP contribution in [-0.4, -0.2) is 47.9 Å². The molecule has 0 bridgehead atoms. The van der Waals surface area contributed by atoms with E-state index >= 15 is 0 Å². The molecule has 1 saturated heterocycles. The lowest BCUT2D eigenvalue weighted by Gasteiger charge is -2.27. The lowest BCUT2D eigenvalue weighted by molar-refractivity contribution is 0.0758. The molecular formula is C15H22N2OS. The first-order valence-corrected chi connectivity index (χ1v) is 8.34. The van der Waals surface area contributed by atoms with E-state index in [0.29, 0.717) is 0 Å². The molecule has 3 rings (SSSR count). The van der Waals surface area contributed by atoms with Gasteiger partial charge in [0.05, 0.1) is 5.56 Å². The fourth-order valence-electron chi connectivity index (χ4n) is 3.34. The molecule has 2 aliphatic rings. The molecule has 0 radical (unpaired) electrons. The van der Waals surface area contributed by atoms with E-state index in [4.69, 9.17) is 0 Å². The van der Waals surface area contributed by atoms with Gasteiger partial charge in [-0.05, 0) is 30.7 Å². The molecule has 19 heavy (non-hydrogen) atoms. The van der Waals surface area contributed by atoms with Gasteiger partial charge in [0, 0.05) is 37.6 Å². The summed E-state index contributed by atoms with van der Waals surface area (Å²) in [7, 11) is 0. The van der Waals surface area contributed by atoms with E-state index in [2.05, 4.69) is 4.90 Å². The molecule has 0 aromatic carbocycles. The minimum atomic E-state index is 0.217. The number of hydrogen-bond acceptors (Lipinski definition) is 3. The molecule has 2 fully saturated rings. The molecular weight excluding hydrogens is 256 g/mol. The maximum Gasteiger partial charge on any atom is 0.254 e. The van der Waals surface area contributed by atoms with E-state index in [9.17, 15) is 4.79 Å². The fourth-order valence-corrected chi connectivity index (χ4v) is 3.97. The van der Waals surface area contributed by atoms with Crippen molar-refractivity contribution >= 4 is 17.2 Å². The van der Waals surface area contributed by atoms with Crippen LogP contribution in [0.25, 0.3) is 0 Å². The molecule has 0 N–H and O–H groups in total. The molecule has 104 valence electrons. The van der Waals surface area contributed by atoms with Crippen LogP contribution in [0.1, 0.15) is 42.5 Å². The highest BCUT2D eigenvalue weighted by Crippen LogP contribution is 2.24. The van der Waals surface area contributed by atoms with Crippen LogP contribution in [0, 0.1) is 0 Å². The first kappa shape index (κ1) is 13.1. The molecule has 1 aromatic heterocycles. The molecule has 1 aliphatic heterocycles. The van der Waals surface area contributed by atoms with Crippen molar-refractivity contribution in [1.82, 2.24) is 9.80 Å². The molecule has 0 spiro atoms. The maximum atomic E-state index is 12.4. The Labute approximate surface area is 119 Å². The summed E-state index contributed by atoms with van der Waals surface area (Å²) in [5, 5.41) is 3.94. The topological polar surface area (TPSA) is 23.6 Å². The van der Waals surface area contributed by atoms with Crippen molar-refractivity contribution in [1.29, 1.82) is 0 Å². The summed E-state index contributed by atoms with van der Waals surface area (Å²) in [4.78, 5) is 17.0. The van der Waals surface area contributed by atoms with Crippen molar-refractivity contribution in [2.45, 2.75) is 38.1 Å². The highest BCUT2D eigenvalue weighted by atomic mass is 32.1. The molecule has 2 heterocycles. The van der Waals surface area contributed by atoms with Gasteiger partial charge in [-0.3, -0.25) is 9.69 Å². The molecule has 1 amide bonds. The third-order valence-corrected chi connectivity index (χ3v) is 5.11. The Balaban J connectivity index is 1.59. The fraction of sp³-hybridized carbons (Fsp3) is 0.667. The van der Waals surface area contributed by atoms with Crippen LogP contribution in [0.3, 0.4) is 0 Å². The number of amides is 1. The van der Waals surface area contributed by atoms with Crippen molar-refractivity contribution in [2.24, 2.45) is 0 Å². The normalized spacial score (nSPS) is 22.6. The number of nitrogens with zero attached hydrogens (tertiary/aromatic N) is 2. The van der Waals surface area contributed by atoms with Gasteiger partial charge in [0.2, 0.25) is 0 Å². The van der Waals surface area contributed by atoms with Crippen LogP contribution in [0.5, 0.6) is 0 Å². The molecule has 1 aromatic rings. The van der Waals surface area contributed by atoms with Gasteiger partial charge in [-0.1, -0.05) is 12.8 Å². The summed E-state index contributed by atoms with van der Waals surface area (Å²) >= 11 is 1.60. The Morgan fingerprint density at radius 1 is 1.11 bits per heavy atom. The number of carbonyl (C=O) groups is 1. The summed E-state index contributed by atoms with van der Waals surface area (Å²) < 4.78 is 0. The zero-order valence-electron chi connectivity index (χ0n) is 11.4. The molecule has 1 saturated carbocycles. The summed E-state index contributed by atoms with van der Waals surface area (Å²) in [6.07, 6.45) is 6.61. The lowest BCUT2D eigenvalue weighted by Crippen LogP contribution is -2.38. The van der Waals surface area contributed by atoms with Gasteiger partial charge in [-0.25, -0.2) is 0 Å². The minimum absolute atomic E-state index is 0.217. The van der Waals surface area contributed by atoms with Crippen molar-refractivity contribution in [2.75, 3.05) is 26.2 Å². The third-order valence-electron chi connectivity index (χ3n) is 4.43. The monoisotopic (exact) mass is 278 g/mol. The first-order valence-electron chi connectivity index (χ1n) is 7.40. The highest BCUT2D eigenvalue weighted by molar-refractivity contribution is 7.08. The van der Waals surface area contributed by atoms with Gasteiger partial charge in [-0.15, -0.1) is 0 Å². The standard InChI is InChI=1S/C15H22N2OS/c18-15(13-6-11-19-12-13)17-8-3-7-16(9-10-17)14-4-1-2-5-14/h6,11-12,14H,1-5,7-10H2. The van der Waals surface area contributed by atoms with Crippen molar-refractivity contribution in [3.63, 3.8) is 0 Å². The largest absolute Gasteiger partial charge is 0.337 e. The summed E-state index contributed by atoms with van der Waals surface area (Å²) in [6, 6.07) is 2.73. The number of hydrogen-bond donors (Lipinski definition) is 0. The molecule has 1 aliphatic carbocycles. The molecule has 3 nitrogen and oxygen atoms in total. The van der Waals surface area contributed by atoms with E-state index in [1.54, 1.807) is 11.3 Å². The van der Waals surface area contributed by atoms with Crippen LogP contribution in [0.15, 0.2) is 16.8 Å². The predicted molar refractivity (Wildman–Crippen MR) is 78.7 cm³/mol. The second kappa shape index (κ2) is 6.06. The van der Waals surface area contributed by atoms with Crippen LogP contribution in [-0.2, 0) is 0 Å². The number of rotatable bonds is 2. The van der Waals surface area contributed by atoms with Gasteiger partial charge in [0.1, 0.15) is 0 Å². The van der Waals surface area contributed by atoms with Crippen LogP contribution in [0.4, 0.5) is 0 Å². The van der Waals surface area contributed by atoms with E-state index in [1.165, 1.54) is 25.7 Å². The number of carbonyl (C=O) groups excluding carboxylic acids is 1. The minimum Gasteiger partial charge on any atom is -0.337 e. The maximum absolute atomic E-state index is 12.4. The van der Waals surface area contributed by atoms with Gasteiger partial charge in [0.25, 0.3) is 5.91 Å². The van der Waals surface area contributed by atoms with E-state index in [1.807, 2.05) is 21.7 Å². The van der Waals surface area contributed by atoms with E-state index in [-0.39, 0.29) is 5.91 Å². The zero-order valence-corrected chi connectivity index (χ0v) is 12.2. The Morgan fingerprint density at radius 3 is 2.68 bits per heavy atom. The SMILES string of the molecule is O=C(c1ccsc1)N1CCCN(C2CCCC2)CC1. The second-order valence-corrected chi connectivity index (χ2v) is 6.41. The van der Waals surface area contributed by atoms with E-state index in [0.717, 1.165) is 44.2 Å². The highest BCUT2D eigenvalue weighted by Gasteiger charge is 2.26. The van der Waals surface area contributed by atoms with Gasteiger partial charge in [0.15, 0.2) is 0 Å². The third kappa shape index (κ3) is 3.00. The lowest BCUT2D eigenvalue weighted by atomic mass is 10.2. The summed E-state index contributed by atoms with van der Waals surface area (Å²) in [6.45, 7) is 4.03. The average Bonchev–Trinajstić information content (AvgIpc) is 3.08. The van der Waals surface area contributed by atoms with Crippen LogP contribution < -0.4 is 0 Å². The summed E-state index contributed by atoms with van der Waals surface area (Å²) in [5.74, 6) is 0.217. The molecule has 0 unspecified atom stereocenters. The predicted octanol–water partition coefficient (Wildman–Crippen LogP) is 2.84. The zero-order chi connectivity index (χ0) is 13.1. The molecule has 0 atom stereocenters. The van der Waals surface area contributed by atoms with Gasteiger partial charge >= 0.3 is 0 Å². The number of thiophene rings is 1. The first-order chi connectivity index (χ1) is 9.34. The van der Waals surface area contributed by atoms with Crippen molar-refractivity contribution < 1.29 is 4.79 Å². The van der Waals surface area contributed by atoms with Crippen LogP contribution >= 0.6 is 11.3 Å². The average molecular weight is 278 g/mol. The van der Waals surface area contributed by atoms with Crippen LogP contribution in [0.2, 0.25) is 0 Å². The van der Waals surface area contributed by atoms with Gasteiger partial charge in [-0.2, -0.15) is 11.3 Å². The summed E-state index contributed by atoms with van der Waals surface area (Å²) in [5.41, 5.74) is 0.860. The van der Waals surface area contributed by atoms with Crippen molar-refractivity contribution in [3.05, 3.63) is 22.4 Å². The second-order valence-electron chi connectivity index (χ2n) is 5.63. The van der Waals surface area contributed by atoms with Gasteiger partial charge < -0.3 is 4.90 Å². The quantitative estimate of drug-likeness (QED) is 0.830. The Morgan fingerprint density at radius 2 is 1.95 bits per heavy atom. The Kier molecular flexibility index (Phi) is 4.18.